The summed E-state index contributed by atoms with van der Waals surface area (Å²) in [5.41, 5.74) is 0.984. The molecule has 0 aliphatic rings. The van der Waals surface area contributed by atoms with E-state index in [0.717, 1.165) is 11.3 Å². The number of carboxylic acids is 1. The van der Waals surface area contributed by atoms with Crippen LogP contribution in [0.1, 0.15) is 30.6 Å². The van der Waals surface area contributed by atoms with E-state index in [0.29, 0.717) is 0 Å². The molecular formula is C9H12O3. The van der Waals surface area contributed by atoms with Crippen LogP contribution in [0.5, 0.6) is 0 Å². The van der Waals surface area contributed by atoms with Crippen LogP contribution in [0.15, 0.2) is 16.7 Å². The standard InChI is InChI=1S/C9H12O3/c1-6(5-9(10)11)8-3-4-12-7(8)2/h3-4,6H,5H2,1-2H3,(H,10,11). The van der Waals surface area contributed by atoms with Crippen molar-refractivity contribution in [1.29, 1.82) is 0 Å². The fourth-order valence-electron chi connectivity index (χ4n) is 1.28. The van der Waals surface area contributed by atoms with Gasteiger partial charge in [0.15, 0.2) is 0 Å². The van der Waals surface area contributed by atoms with Crippen molar-refractivity contribution < 1.29 is 14.3 Å². The van der Waals surface area contributed by atoms with Gasteiger partial charge in [-0.2, -0.15) is 0 Å². The molecule has 66 valence electrons. The topological polar surface area (TPSA) is 50.4 Å². The Morgan fingerprint density at radius 3 is 2.83 bits per heavy atom. The van der Waals surface area contributed by atoms with Crippen molar-refractivity contribution >= 4 is 5.97 Å². The first-order valence-electron chi connectivity index (χ1n) is 3.87. The summed E-state index contributed by atoms with van der Waals surface area (Å²) in [4.78, 5) is 10.4. The van der Waals surface area contributed by atoms with Crippen molar-refractivity contribution in [2.45, 2.75) is 26.2 Å². The Labute approximate surface area is 71.0 Å². The Hall–Kier alpha value is -1.25. The molecule has 0 aliphatic carbocycles. The zero-order chi connectivity index (χ0) is 9.14. The van der Waals surface area contributed by atoms with E-state index in [2.05, 4.69) is 0 Å². The molecule has 1 aromatic rings. The van der Waals surface area contributed by atoms with Crippen molar-refractivity contribution in [3.63, 3.8) is 0 Å². The quantitative estimate of drug-likeness (QED) is 0.752. The third kappa shape index (κ3) is 1.87. The minimum atomic E-state index is -0.775. The Morgan fingerprint density at radius 2 is 2.42 bits per heavy atom. The summed E-state index contributed by atoms with van der Waals surface area (Å²) < 4.78 is 5.07. The first-order valence-corrected chi connectivity index (χ1v) is 3.87. The van der Waals surface area contributed by atoms with Gasteiger partial charge in [0.1, 0.15) is 5.76 Å². The zero-order valence-electron chi connectivity index (χ0n) is 7.20. The van der Waals surface area contributed by atoms with E-state index in [1.54, 1.807) is 6.26 Å². The SMILES string of the molecule is Cc1occc1C(C)CC(=O)O. The molecule has 1 rings (SSSR count). The molecule has 0 saturated heterocycles. The van der Waals surface area contributed by atoms with Gasteiger partial charge in [-0.25, -0.2) is 0 Å². The van der Waals surface area contributed by atoms with Gasteiger partial charge in [0.25, 0.3) is 0 Å². The molecule has 1 N–H and O–H groups in total. The summed E-state index contributed by atoms with van der Waals surface area (Å²) in [6.07, 6.45) is 1.74. The van der Waals surface area contributed by atoms with Gasteiger partial charge in [-0.05, 0) is 24.5 Å². The average molecular weight is 168 g/mol. The van der Waals surface area contributed by atoms with Crippen LogP contribution in [-0.4, -0.2) is 11.1 Å². The van der Waals surface area contributed by atoms with Crippen LogP contribution in [0.3, 0.4) is 0 Å². The number of carboxylic acid groups (broad SMARTS) is 1. The van der Waals surface area contributed by atoms with Gasteiger partial charge in [-0.15, -0.1) is 0 Å². The van der Waals surface area contributed by atoms with Gasteiger partial charge in [0.2, 0.25) is 0 Å². The third-order valence-electron chi connectivity index (χ3n) is 1.91. The zero-order valence-corrected chi connectivity index (χ0v) is 7.20. The van der Waals surface area contributed by atoms with Crippen LogP contribution in [-0.2, 0) is 4.79 Å². The molecule has 0 saturated carbocycles. The molecule has 3 nitrogen and oxygen atoms in total. The van der Waals surface area contributed by atoms with Gasteiger partial charge >= 0.3 is 5.97 Å². The second-order valence-corrected chi connectivity index (χ2v) is 2.93. The molecule has 0 fully saturated rings. The molecule has 1 atom stereocenters. The monoisotopic (exact) mass is 168 g/mol. The summed E-state index contributed by atoms with van der Waals surface area (Å²) in [5, 5.41) is 8.54. The molecule has 12 heavy (non-hydrogen) atoms. The number of carbonyl (C=O) groups is 1. The van der Waals surface area contributed by atoms with Crippen LogP contribution in [0, 0.1) is 6.92 Å². The van der Waals surface area contributed by atoms with E-state index >= 15 is 0 Å². The predicted molar refractivity (Wildman–Crippen MR) is 44.1 cm³/mol. The summed E-state index contributed by atoms with van der Waals surface area (Å²) in [5.74, 6) is 0.0631. The van der Waals surface area contributed by atoms with E-state index < -0.39 is 5.97 Å². The lowest BCUT2D eigenvalue weighted by molar-refractivity contribution is -0.137. The van der Waals surface area contributed by atoms with E-state index in [9.17, 15) is 4.79 Å². The Morgan fingerprint density at radius 1 is 1.75 bits per heavy atom. The van der Waals surface area contributed by atoms with E-state index in [1.165, 1.54) is 0 Å². The van der Waals surface area contributed by atoms with Crippen LogP contribution in [0.2, 0.25) is 0 Å². The van der Waals surface area contributed by atoms with Crippen molar-refractivity contribution in [3.05, 3.63) is 23.7 Å². The smallest absolute Gasteiger partial charge is 0.303 e. The minimum Gasteiger partial charge on any atom is -0.481 e. The maximum atomic E-state index is 10.4. The van der Waals surface area contributed by atoms with Gasteiger partial charge < -0.3 is 9.52 Å². The molecule has 0 spiro atoms. The molecule has 0 amide bonds. The van der Waals surface area contributed by atoms with E-state index in [4.69, 9.17) is 9.52 Å². The fraction of sp³-hybridized carbons (Fsp3) is 0.444. The average Bonchev–Trinajstić information content (AvgIpc) is 2.33. The molecular weight excluding hydrogens is 156 g/mol. The van der Waals surface area contributed by atoms with Gasteiger partial charge in [-0.3, -0.25) is 4.79 Å². The Bertz CT molecular complexity index is 275. The molecule has 0 radical (unpaired) electrons. The van der Waals surface area contributed by atoms with Crippen LogP contribution >= 0.6 is 0 Å². The summed E-state index contributed by atoms with van der Waals surface area (Å²) in [6.45, 7) is 3.72. The number of hydrogen-bond acceptors (Lipinski definition) is 2. The predicted octanol–water partition coefficient (Wildman–Crippen LogP) is 2.17. The van der Waals surface area contributed by atoms with Crippen molar-refractivity contribution in [1.82, 2.24) is 0 Å². The van der Waals surface area contributed by atoms with E-state index in [1.807, 2.05) is 19.9 Å². The number of furan rings is 1. The number of hydrogen-bond donors (Lipinski definition) is 1. The maximum Gasteiger partial charge on any atom is 0.303 e. The lowest BCUT2D eigenvalue weighted by Crippen LogP contribution is -2.02. The van der Waals surface area contributed by atoms with Crippen molar-refractivity contribution in [2.75, 3.05) is 0 Å². The number of aliphatic carboxylic acids is 1. The molecule has 0 aliphatic heterocycles. The summed E-state index contributed by atoms with van der Waals surface area (Å²) in [6, 6.07) is 1.82. The third-order valence-corrected chi connectivity index (χ3v) is 1.91. The van der Waals surface area contributed by atoms with Crippen LogP contribution in [0.25, 0.3) is 0 Å². The van der Waals surface area contributed by atoms with Gasteiger partial charge in [0.05, 0.1) is 12.7 Å². The van der Waals surface area contributed by atoms with Crippen molar-refractivity contribution in [3.8, 4) is 0 Å². The molecule has 1 unspecified atom stereocenters. The maximum absolute atomic E-state index is 10.4. The largest absolute Gasteiger partial charge is 0.481 e. The van der Waals surface area contributed by atoms with Crippen molar-refractivity contribution in [2.24, 2.45) is 0 Å². The lowest BCUT2D eigenvalue weighted by Gasteiger charge is -2.05. The molecule has 3 heteroatoms. The highest BCUT2D eigenvalue weighted by atomic mass is 16.4. The number of aryl methyl sites for hydroxylation is 1. The summed E-state index contributed by atoms with van der Waals surface area (Å²) >= 11 is 0. The van der Waals surface area contributed by atoms with E-state index in [-0.39, 0.29) is 12.3 Å². The normalized spacial score (nSPS) is 12.8. The Kier molecular flexibility index (Phi) is 2.53. The summed E-state index contributed by atoms with van der Waals surface area (Å²) in [7, 11) is 0. The van der Waals surface area contributed by atoms with Gasteiger partial charge in [0, 0.05) is 0 Å². The van der Waals surface area contributed by atoms with Gasteiger partial charge in [-0.1, -0.05) is 6.92 Å². The second kappa shape index (κ2) is 3.43. The molecule has 1 heterocycles. The van der Waals surface area contributed by atoms with Crippen LogP contribution in [0.4, 0.5) is 0 Å². The second-order valence-electron chi connectivity index (χ2n) is 2.93. The number of rotatable bonds is 3. The minimum absolute atomic E-state index is 0.0289. The highest BCUT2D eigenvalue weighted by Crippen LogP contribution is 2.22. The lowest BCUT2D eigenvalue weighted by atomic mass is 9.99. The van der Waals surface area contributed by atoms with Crippen LogP contribution < -0.4 is 0 Å². The molecule has 0 aromatic carbocycles. The highest BCUT2D eigenvalue weighted by Gasteiger charge is 2.13. The molecule has 1 aromatic heterocycles. The Balaban J connectivity index is 2.71. The fourth-order valence-corrected chi connectivity index (χ4v) is 1.28. The first-order chi connectivity index (χ1) is 5.61. The first kappa shape index (κ1) is 8.84. The highest BCUT2D eigenvalue weighted by molar-refractivity contribution is 5.68. The molecule has 0 bridgehead atoms.